The maximum absolute atomic E-state index is 12.0. The average Bonchev–Trinajstić information content (AvgIpc) is 2.49. The number of Topliss-reactive ketones (excluding diaryl/α,β-unsaturated/α-hetero) is 1. The smallest absolute Gasteiger partial charge is 0.136 e. The quantitative estimate of drug-likeness (QED) is 0.702. The number of hydrogen-bond donors (Lipinski definition) is 0. The van der Waals surface area contributed by atoms with Crippen LogP contribution in [-0.2, 0) is 11.2 Å². The summed E-state index contributed by atoms with van der Waals surface area (Å²) in [5.41, 5.74) is 4.07. The minimum atomic E-state index is 0.275. The summed E-state index contributed by atoms with van der Waals surface area (Å²) in [6.45, 7) is 4.31. The lowest BCUT2D eigenvalue weighted by atomic mass is 9.88. The molecule has 1 fully saturated rings. The van der Waals surface area contributed by atoms with Crippen molar-refractivity contribution in [1.29, 1.82) is 0 Å². The summed E-state index contributed by atoms with van der Waals surface area (Å²) in [7, 11) is 0. The summed E-state index contributed by atoms with van der Waals surface area (Å²) in [6, 6.07) is 6.41. The predicted molar refractivity (Wildman–Crippen MR) is 71.2 cm³/mol. The molecule has 2 rings (SSSR count). The van der Waals surface area contributed by atoms with E-state index in [0.717, 1.165) is 25.7 Å². The van der Waals surface area contributed by atoms with E-state index >= 15 is 0 Å². The number of ketones is 1. The van der Waals surface area contributed by atoms with Crippen LogP contribution in [0.1, 0.15) is 48.8 Å². The summed E-state index contributed by atoms with van der Waals surface area (Å²) in [5.74, 6) is 0.766. The van der Waals surface area contributed by atoms with Crippen LogP contribution in [0.2, 0.25) is 0 Å². The van der Waals surface area contributed by atoms with Crippen LogP contribution in [0.3, 0.4) is 0 Å². The molecule has 1 saturated carbocycles. The van der Waals surface area contributed by atoms with Crippen LogP contribution in [0, 0.1) is 19.8 Å². The number of carbonyl (C=O) groups excluding carboxylic acids is 1. The minimum Gasteiger partial charge on any atom is -0.299 e. The molecule has 0 N–H and O–H groups in total. The fourth-order valence-corrected chi connectivity index (χ4v) is 2.87. The third-order valence-corrected chi connectivity index (χ3v) is 4.03. The van der Waals surface area contributed by atoms with Gasteiger partial charge in [-0.1, -0.05) is 31.0 Å². The molecule has 0 aliphatic heterocycles. The fourth-order valence-electron chi connectivity index (χ4n) is 2.87. The molecule has 0 bridgehead atoms. The molecule has 1 atom stereocenters. The van der Waals surface area contributed by atoms with Crippen molar-refractivity contribution in [2.24, 2.45) is 5.92 Å². The Morgan fingerprint density at radius 3 is 2.53 bits per heavy atom. The van der Waals surface area contributed by atoms with Crippen molar-refractivity contribution in [3.05, 3.63) is 34.9 Å². The summed E-state index contributed by atoms with van der Waals surface area (Å²) < 4.78 is 0. The Kier molecular flexibility index (Phi) is 3.98. The molecular formula is C16H22O. The van der Waals surface area contributed by atoms with Crippen LogP contribution >= 0.6 is 0 Å². The Hall–Kier alpha value is -1.11. The van der Waals surface area contributed by atoms with Gasteiger partial charge in [0.05, 0.1) is 0 Å². The van der Waals surface area contributed by atoms with Crippen molar-refractivity contribution in [3.8, 4) is 0 Å². The molecule has 1 heteroatoms. The van der Waals surface area contributed by atoms with Crippen molar-refractivity contribution in [1.82, 2.24) is 0 Å². The molecule has 1 aromatic carbocycles. The largest absolute Gasteiger partial charge is 0.299 e. The Morgan fingerprint density at radius 2 is 1.82 bits per heavy atom. The van der Waals surface area contributed by atoms with E-state index in [9.17, 15) is 4.79 Å². The lowest BCUT2D eigenvalue weighted by molar-refractivity contribution is -0.122. The Morgan fingerprint density at radius 1 is 1.12 bits per heavy atom. The van der Waals surface area contributed by atoms with Gasteiger partial charge in [0.15, 0.2) is 0 Å². The molecule has 1 nitrogen and oxygen atoms in total. The maximum Gasteiger partial charge on any atom is 0.136 e. The van der Waals surface area contributed by atoms with Gasteiger partial charge in [-0.25, -0.2) is 0 Å². The highest BCUT2D eigenvalue weighted by molar-refractivity contribution is 5.81. The Labute approximate surface area is 104 Å². The summed E-state index contributed by atoms with van der Waals surface area (Å²) in [4.78, 5) is 12.0. The van der Waals surface area contributed by atoms with E-state index in [0.29, 0.717) is 5.78 Å². The average molecular weight is 230 g/mol. The van der Waals surface area contributed by atoms with Crippen LogP contribution in [0.25, 0.3) is 0 Å². The van der Waals surface area contributed by atoms with E-state index < -0.39 is 0 Å². The van der Waals surface area contributed by atoms with Gasteiger partial charge in [0.2, 0.25) is 0 Å². The Bertz CT molecular complexity index is 386. The molecule has 1 aliphatic rings. The first kappa shape index (κ1) is 12.3. The van der Waals surface area contributed by atoms with Gasteiger partial charge >= 0.3 is 0 Å². The second-order valence-corrected chi connectivity index (χ2v) is 5.34. The second-order valence-electron chi connectivity index (χ2n) is 5.34. The van der Waals surface area contributed by atoms with Gasteiger partial charge in [0.25, 0.3) is 0 Å². The van der Waals surface area contributed by atoms with Gasteiger partial charge < -0.3 is 0 Å². The van der Waals surface area contributed by atoms with Crippen LogP contribution in [-0.4, -0.2) is 5.78 Å². The standard InChI is InChI=1S/C16H22O/c1-12-7-6-8-13(2)15(12)11-14-9-4-3-5-10-16(14)17/h6-8,14H,3-5,9-11H2,1-2H3. The molecule has 0 heterocycles. The maximum atomic E-state index is 12.0. The third kappa shape index (κ3) is 2.96. The molecule has 0 aromatic heterocycles. The highest BCUT2D eigenvalue weighted by atomic mass is 16.1. The van der Waals surface area contributed by atoms with Crippen molar-refractivity contribution in [3.63, 3.8) is 0 Å². The first-order chi connectivity index (χ1) is 8.18. The van der Waals surface area contributed by atoms with Crippen molar-refractivity contribution in [2.75, 3.05) is 0 Å². The molecule has 1 aromatic rings. The second kappa shape index (κ2) is 5.48. The number of rotatable bonds is 2. The monoisotopic (exact) mass is 230 g/mol. The van der Waals surface area contributed by atoms with E-state index in [-0.39, 0.29) is 5.92 Å². The molecular weight excluding hydrogens is 208 g/mol. The summed E-state index contributed by atoms with van der Waals surface area (Å²) >= 11 is 0. The van der Waals surface area contributed by atoms with Crippen LogP contribution in [0.5, 0.6) is 0 Å². The van der Waals surface area contributed by atoms with Crippen LogP contribution < -0.4 is 0 Å². The number of aryl methyl sites for hydroxylation is 2. The highest BCUT2D eigenvalue weighted by Crippen LogP contribution is 2.26. The van der Waals surface area contributed by atoms with Gasteiger partial charge in [0, 0.05) is 12.3 Å². The fraction of sp³-hybridized carbons (Fsp3) is 0.562. The summed E-state index contributed by atoms with van der Waals surface area (Å²) in [5, 5.41) is 0. The van der Waals surface area contributed by atoms with Crippen LogP contribution in [0.4, 0.5) is 0 Å². The van der Waals surface area contributed by atoms with E-state index in [1.54, 1.807) is 0 Å². The molecule has 0 radical (unpaired) electrons. The predicted octanol–water partition coefficient (Wildman–Crippen LogP) is 4.00. The van der Waals surface area contributed by atoms with E-state index in [1.165, 1.54) is 29.5 Å². The number of hydrogen-bond acceptors (Lipinski definition) is 1. The minimum absolute atomic E-state index is 0.275. The van der Waals surface area contributed by atoms with E-state index in [2.05, 4.69) is 32.0 Å². The molecule has 0 spiro atoms. The van der Waals surface area contributed by atoms with Crippen molar-refractivity contribution < 1.29 is 4.79 Å². The number of carbonyl (C=O) groups is 1. The first-order valence-corrected chi connectivity index (χ1v) is 6.76. The van der Waals surface area contributed by atoms with Gasteiger partial charge in [0.1, 0.15) is 5.78 Å². The van der Waals surface area contributed by atoms with Crippen LogP contribution in [0.15, 0.2) is 18.2 Å². The zero-order chi connectivity index (χ0) is 12.3. The highest BCUT2D eigenvalue weighted by Gasteiger charge is 2.22. The number of benzene rings is 1. The Balaban J connectivity index is 2.16. The first-order valence-electron chi connectivity index (χ1n) is 6.76. The SMILES string of the molecule is Cc1cccc(C)c1CC1CCCCCC1=O. The molecule has 92 valence electrons. The summed E-state index contributed by atoms with van der Waals surface area (Å²) in [6.07, 6.45) is 6.40. The lowest BCUT2D eigenvalue weighted by Crippen LogP contribution is -2.16. The van der Waals surface area contributed by atoms with Gasteiger partial charge in [-0.2, -0.15) is 0 Å². The third-order valence-electron chi connectivity index (χ3n) is 4.03. The van der Waals surface area contributed by atoms with Crippen molar-refractivity contribution >= 4 is 5.78 Å². The van der Waals surface area contributed by atoms with E-state index in [1.807, 2.05) is 0 Å². The molecule has 1 unspecified atom stereocenters. The molecule has 1 aliphatic carbocycles. The molecule has 17 heavy (non-hydrogen) atoms. The lowest BCUT2D eigenvalue weighted by Gasteiger charge is -2.16. The van der Waals surface area contributed by atoms with E-state index in [4.69, 9.17) is 0 Å². The van der Waals surface area contributed by atoms with Crippen molar-refractivity contribution in [2.45, 2.75) is 52.4 Å². The normalized spacial score (nSPS) is 21.3. The van der Waals surface area contributed by atoms with Gasteiger partial charge in [-0.3, -0.25) is 4.79 Å². The zero-order valence-corrected chi connectivity index (χ0v) is 11.0. The van der Waals surface area contributed by atoms with Gasteiger partial charge in [-0.15, -0.1) is 0 Å². The van der Waals surface area contributed by atoms with Gasteiger partial charge in [-0.05, 0) is 49.8 Å². The molecule has 0 amide bonds. The molecule has 0 saturated heterocycles. The topological polar surface area (TPSA) is 17.1 Å². The zero-order valence-electron chi connectivity index (χ0n) is 11.0.